The molecule has 80 valence electrons. The average molecular weight is 269 g/mol. The highest BCUT2D eigenvalue weighted by Gasteiger charge is 2.15. The van der Waals surface area contributed by atoms with Crippen molar-refractivity contribution in [2.75, 3.05) is 0 Å². The number of halogens is 1. The number of nitrogens with zero attached hydrogens (tertiary/aromatic N) is 4. The van der Waals surface area contributed by atoms with Crippen LogP contribution >= 0.6 is 15.9 Å². The fraction of sp³-hybridized carbons (Fsp3) is 0.500. The van der Waals surface area contributed by atoms with Gasteiger partial charge in [0, 0.05) is 18.3 Å². The van der Waals surface area contributed by atoms with Crippen molar-refractivity contribution in [2.24, 2.45) is 0 Å². The normalized spacial score (nSPS) is 11.5. The van der Waals surface area contributed by atoms with Crippen LogP contribution in [0.1, 0.15) is 38.4 Å². The molecule has 2 heterocycles. The van der Waals surface area contributed by atoms with Crippen LogP contribution in [0.25, 0.3) is 5.65 Å². The lowest BCUT2D eigenvalue weighted by atomic mass is 10.0. The van der Waals surface area contributed by atoms with Crippen LogP contribution in [0.5, 0.6) is 0 Å². The zero-order valence-corrected chi connectivity index (χ0v) is 10.4. The highest BCUT2D eigenvalue weighted by atomic mass is 79.9. The average Bonchev–Trinajstić information content (AvgIpc) is 2.66. The third-order valence-corrected chi connectivity index (χ3v) is 3.22. The van der Waals surface area contributed by atoms with Gasteiger partial charge in [-0.2, -0.15) is 0 Å². The summed E-state index contributed by atoms with van der Waals surface area (Å²) in [6.07, 6.45) is 5.83. The monoisotopic (exact) mass is 268 g/mol. The fourth-order valence-corrected chi connectivity index (χ4v) is 2.13. The Kier molecular flexibility index (Phi) is 3.00. The summed E-state index contributed by atoms with van der Waals surface area (Å²) in [4.78, 5) is 4.12. The Balaban J connectivity index is 2.58. The molecule has 0 aliphatic carbocycles. The van der Waals surface area contributed by atoms with E-state index >= 15 is 0 Å². The first-order chi connectivity index (χ1) is 7.27. The second kappa shape index (κ2) is 4.26. The standard InChI is InChI=1S/C10H13BrN4/c1-3-7(4-2)9-13-14-10-8(11)12-5-6-15(9)10/h5-7H,3-4H2,1-2H3. The van der Waals surface area contributed by atoms with Crippen LogP contribution in [0, 0.1) is 0 Å². The molecule has 4 nitrogen and oxygen atoms in total. The second-order valence-corrected chi connectivity index (χ2v) is 4.23. The van der Waals surface area contributed by atoms with Crippen molar-refractivity contribution in [1.82, 2.24) is 19.6 Å². The predicted molar refractivity (Wildman–Crippen MR) is 61.8 cm³/mol. The summed E-state index contributed by atoms with van der Waals surface area (Å²) in [7, 11) is 0. The second-order valence-electron chi connectivity index (χ2n) is 3.48. The van der Waals surface area contributed by atoms with Crippen molar-refractivity contribution >= 4 is 21.6 Å². The summed E-state index contributed by atoms with van der Waals surface area (Å²) in [5.41, 5.74) is 0.791. The van der Waals surface area contributed by atoms with Gasteiger partial charge in [-0.1, -0.05) is 13.8 Å². The molecule has 0 radical (unpaired) electrons. The summed E-state index contributed by atoms with van der Waals surface area (Å²) in [6.45, 7) is 4.34. The maximum atomic E-state index is 4.24. The maximum Gasteiger partial charge on any atom is 0.193 e. The van der Waals surface area contributed by atoms with Gasteiger partial charge in [0.05, 0.1) is 0 Å². The first kappa shape index (κ1) is 10.5. The molecule has 0 fully saturated rings. The molecule has 0 bridgehead atoms. The van der Waals surface area contributed by atoms with Crippen LogP contribution in [0.4, 0.5) is 0 Å². The Morgan fingerprint density at radius 2 is 2.07 bits per heavy atom. The van der Waals surface area contributed by atoms with E-state index < -0.39 is 0 Å². The van der Waals surface area contributed by atoms with E-state index in [0.717, 1.165) is 28.9 Å². The summed E-state index contributed by atoms with van der Waals surface area (Å²) >= 11 is 3.37. The molecular formula is C10H13BrN4. The zero-order chi connectivity index (χ0) is 10.8. The van der Waals surface area contributed by atoms with Gasteiger partial charge in [-0.3, -0.25) is 4.40 Å². The fourth-order valence-electron chi connectivity index (χ4n) is 1.75. The SMILES string of the molecule is CCC(CC)c1nnc2c(Br)nccn12. The largest absolute Gasteiger partial charge is 0.282 e. The topological polar surface area (TPSA) is 43.1 Å². The first-order valence-corrected chi connectivity index (χ1v) is 5.92. The maximum absolute atomic E-state index is 4.24. The van der Waals surface area contributed by atoms with Crippen molar-refractivity contribution in [3.63, 3.8) is 0 Å². The van der Waals surface area contributed by atoms with Crippen LogP contribution in [0.3, 0.4) is 0 Å². The molecule has 0 unspecified atom stereocenters. The Hall–Kier alpha value is -0.970. The Morgan fingerprint density at radius 3 is 2.73 bits per heavy atom. The van der Waals surface area contributed by atoms with Crippen LogP contribution in [-0.2, 0) is 0 Å². The molecule has 0 aliphatic heterocycles. The molecule has 15 heavy (non-hydrogen) atoms. The first-order valence-electron chi connectivity index (χ1n) is 5.13. The van der Waals surface area contributed by atoms with E-state index in [0.29, 0.717) is 5.92 Å². The lowest BCUT2D eigenvalue weighted by molar-refractivity contribution is 0.595. The van der Waals surface area contributed by atoms with Gasteiger partial charge >= 0.3 is 0 Å². The summed E-state index contributed by atoms with van der Waals surface area (Å²) < 4.78 is 2.75. The smallest absolute Gasteiger partial charge is 0.193 e. The highest BCUT2D eigenvalue weighted by molar-refractivity contribution is 9.10. The predicted octanol–water partition coefficient (Wildman–Crippen LogP) is 2.79. The summed E-state index contributed by atoms with van der Waals surface area (Å²) in [5, 5.41) is 8.38. The molecule has 0 spiro atoms. The van der Waals surface area contributed by atoms with Crippen molar-refractivity contribution in [3.8, 4) is 0 Å². The van der Waals surface area contributed by atoms with E-state index in [9.17, 15) is 0 Å². The van der Waals surface area contributed by atoms with Crippen LogP contribution in [0.2, 0.25) is 0 Å². The van der Waals surface area contributed by atoms with E-state index in [1.165, 1.54) is 0 Å². The third kappa shape index (κ3) is 1.76. The quantitative estimate of drug-likeness (QED) is 0.860. The van der Waals surface area contributed by atoms with Crippen molar-refractivity contribution in [3.05, 3.63) is 22.8 Å². The van der Waals surface area contributed by atoms with Crippen molar-refractivity contribution in [1.29, 1.82) is 0 Å². The van der Waals surface area contributed by atoms with Gasteiger partial charge < -0.3 is 0 Å². The number of rotatable bonds is 3. The molecule has 0 N–H and O–H groups in total. The van der Waals surface area contributed by atoms with Crippen molar-refractivity contribution < 1.29 is 0 Å². The molecule has 0 amide bonds. The lowest BCUT2D eigenvalue weighted by Gasteiger charge is -2.09. The lowest BCUT2D eigenvalue weighted by Crippen LogP contribution is -2.02. The zero-order valence-electron chi connectivity index (χ0n) is 8.81. The van der Waals surface area contributed by atoms with Crippen LogP contribution < -0.4 is 0 Å². The minimum absolute atomic E-state index is 0.467. The van der Waals surface area contributed by atoms with E-state index in [2.05, 4.69) is 45.0 Å². The molecule has 2 rings (SSSR count). The Bertz CT molecular complexity index is 461. The van der Waals surface area contributed by atoms with E-state index in [-0.39, 0.29) is 0 Å². The molecule has 0 saturated carbocycles. The Labute approximate surface area is 96.9 Å². The minimum atomic E-state index is 0.467. The summed E-state index contributed by atoms with van der Waals surface area (Å²) in [5.74, 6) is 1.49. The van der Waals surface area contributed by atoms with Gasteiger partial charge in [-0.05, 0) is 28.8 Å². The van der Waals surface area contributed by atoms with Gasteiger partial charge in [-0.25, -0.2) is 4.98 Å². The van der Waals surface area contributed by atoms with Gasteiger partial charge in [0.15, 0.2) is 10.3 Å². The Morgan fingerprint density at radius 1 is 1.33 bits per heavy atom. The highest BCUT2D eigenvalue weighted by Crippen LogP contribution is 2.23. The van der Waals surface area contributed by atoms with Gasteiger partial charge in [0.2, 0.25) is 0 Å². The molecule has 0 aliphatic rings. The molecular weight excluding hydrogens is 256 g/mol. The molecule has 0 saturated heterocycles. The van der Waals surface area contributed by atoms with Crippen LogP contribution in [-0.4, -0.2) is 19.6 Å². The summed E-state index contributed by atoms with van der Waals surface area (Å²) in [6, 6.07) is 0. The third-order valence-electron chi connectivity index (χ3n) is 2.66. The van der Waals surface area contributed by atoms with Crippen molar-refractivity contribution in [2.45, 2.75) is 32.6 Å². The molecule has 2 aromatic rings. The minimum Gasteiger partial charge on any atom is -0.282 e. The number of fused-ring (bicyclic) bond motifs is 1. The van der Waals surface area contributed by atoms with E-state index in [1.54, 1.807) is 6.20 Å². The molecule has 0 atom stereocenters. The van der Waals surface area contributed by atoms with Gasteiger partial charge in [0.25, 0.3) is 0 Å². The van der Waals surface area contributed by atoms with E-state index in [4.69, 9.17) is 0 Å². The van der Waals surface area contributed by atoms with E-state index in [1.807, 2.05) is 10.6 Å². The molecule has 0 aromatic carbocycles. The van der Waals surface area contributed by atoms with Crippen LogP contribution in [0.15, 0.2) is 17.0 Å². The number of hydrogen-bond donors (Lipinski definition) is 0. The molecule has 2 aromatic heterocycles. The van der Waals surface area contributed by atoms with Gasteiger partial charge in [0.1, 0.15) is 5.82 Å². The number of hydrogen-bond acceptors (Lipinski definition) is 3. The molecule has 5 heteroatoms. The van der Waals surface area contributed by atoms with Gasteiger partial charge in [-0.15, -0.1) is 10.2 Å². The number of aromatic nitrogens is 4.